The highest BCUT2D eigenvalue weighted by Gasteiger charge is 2.15. The number of ether oxygens (including phenoxy) is 1. The molecule has 0 atom stereocenters. The van der Waals surface area contributed by atoms with Gasteiger partial charge in [0.15, 0.2) is 0 Å². The van der Waals surface area contributed by atoms with Gasteiger partial charge < -0.3 is 14.4 Å². The monoisotopic (exact) mass is 299 g/mol. The zero-order chi connectivity index (χ0) is 15.7. The standard InChI is InChI=1S/C17H14FNO3/c1-22-14-7-4-12-8-16(17(20)21)19(15(12)9-14)10-11-2-5-13(18)6-3-11/h2-9H,10H2,1H3,(H,20,21). The normalized spacial score (nSPS) is 10.8. The third-order valence-electron chi connectivity index (χ3n) is 3.58. The lowest BCUT2D eigenvalue weighted by molar-refractivity contribution is 0.0686. The number of aromatic nitrogens is 1. The molecule has 0 radical (unpaired) electrons. The van der Waals surface area contributed by atoms with Crippen LogP contribution in [0.2, 0.25) is 0 Å². The predicted molar refractivity (Wildman–Crippen MR) is 81.0 cm³/mol. The summed E-state index contributed by atoms with van der Waals surface area (Å²) in [7, 11) is 1.56. The molecule has 0 bridgehead atoms. The molecule has 1 heterocycles. The van der Waals surface area contributed by atoms with Crippen LogP contribution in [0.25, 0.3) is 10.9 Å². The fourth-order valence-corrected chi connectivity index (χ4v) is 2.48. The number of hydrogen-bond acceptors (Lipinski definition) is 2. The van der Waals surface area contributed by atoms with Gasteiger partial charge in [0, 0.05) is 18.0 Å². The number of carboxylic acid groups (broad SMARTS) is 1. The van der Waals surface area contributed by atoms with Crippen LogP contribution in [0.4, 0.5) is 4.39 Å². The number of carboxylic acids is 1. The first kappa shape index (κ1) is 14.1. The second-order valence-corrected chi connectivity index (χ2v) is 4.97. The van der Waals surface area contributed by atoms with Crippen LogP contribution < -0.4 is 4.74 Å². The number of benzene rings is 2. The smallest absolute Gasteiger partial charge is 0.352 e. The Labute approximate surface area is 126 Å². The summed E-state index contributed by atoms with van der Waals surface area (Å²) in [5, 5.41) is 10.2. The van der Waals surface area contributed by atoms with Crippen LogP contribution in [0.5, 0.6) is 5.75 Å². The van der Waals surface area contributed by atoms with Crippen LogP contribution in [-0.2, 0) is 6.54 Å². The van der Waals surface area contributed by atoms with Gasteiger partial charge >= 0.3 is 5.97 Å². The Morgan fingerprint density at radius 2 is 1.91 bits per heavy atom. The van der Waals surface area contributed by atoms with Gasteiger partial charge in [-0.1, -0.05) is 12.1 Å². The minimum atomic E-state index is -1.00. The van der Waals surface area contributed by atoms with E-state index >= 15 is 0 Å². The van der Waals surface area contributed by atoms with Gasteiger partial charge in [0.25, 0.3) is 0 Å². The Hall–Kier alpha value is -2.82. The maximum Gasteiger partial charge on any atom is 0.352 e. The first-order valence-electron chi connectivity index (χ1n) is 6.73. The van der Waals surface area contributed by atoms with Crippen molar-refractivity contribution in [2.24, 2.45) is 0 Å². The lowest BCUT2D eigenvalue weighted by Gasteiger charge is -2.09. The SMILES string of the molecule is COc1ccc2cc(C(=O)O)n(Cc3ccc(F)cc3)c2c1. The third-order valence-corrected chi connectivity index (χ3v) is 3.58. The van der Waals surface area contributed by atoms with E-state index in [1.54, 1.807) is 42.0 Å². The average Bonchev–Trinajstić information content (AvgIpc) is 2.87. The fraction of sp³-hybridized carbons (Fsp3) is 0.118. The zero-order valence-corrected chi connectivity index (χ0v) is 11.9. The van der Waals surface area contributed by atoms with Crippen molar-refractivity contribution in [3.05, 3.63) is 65.6 Å². The third kappa shape index (κ3) is 2.53. The Bertz CT molecular complexity index is 837. The van der Waals surface area contributed by atoms with Crippen molar-refractivity contribution in [3.8, 4) is 5.75 Å². The van der Waals surface area contributed by atoms with Crippen LogP contribution >= 0.6 is 0 Å². The summed E-state index contributed by atoms with van der Waals surface area (Å²) < 4.78 is 19.9. The summed E-state index contributed by atoms with van der Waals surface area (Å²) >= 11 is 0. The van der Waals surface area contributed by atoms with Gasteiger partial charge in [0.1, 0.15) is 17.3 Å². The van der Waals surface area contributed by atoms with Gasteiger partial charge in [0.2, 0.25) is 0 Å². The molecule has 3 aromatic rings. The first-order valence-corrected chi connectivity index (χ1v) is 6.73. The highest BCUT2D eigenvalue weighted by molar-refractivity contribution is 5.95. The van der Waals surface area contributed by atoms with Gasteiger partial charge in [-0.05, 0) is 35.9 Å². The Kier molecular flexibility index (Phi) is 3.55. The van der Waals surface area contributed by atoms with E-state index in [9.17, 15) is 14.3 Å². The molecule has 22 heavy (non-hydrogen) atoms. The highest BCUT2D eigenvalue weighted by Crippen LogP contribution is 2.25. The molecule has 0 spiro atoms. The molecule has 0 aliphatic rings. The van der Waals surface area contributed by atoms with Crippen molar-refractivity contribution in [2.75, 3.05) is 7.11 Å². The van der Waals surface area contributed by atoms with Gasteiger partial charge in [-0.15, -0.1) is 0 Å². The number of nitrogens with zero attached hydrogens (tertiary/aromatic N) is 1. The molecule has 0 fully saturated rings. The molecule has 1 N–H and O–H groups in total. The Morgan fingerprint density at radius 3 is 2.55 bits per heavy atom. The van der Waals surface area contributed by atoms with E-state index in [2.05, 4.69) is 0 Å². The molecule has 112 valence electrons. The molecular weight excluding hydrogens is 285 g/mol. The second kappa shape index (κ2) is 5.52. The van der Waals surface area contributed by atoms with E-state index in [0.29, 0.717) is 12.3 Å². The van der Waals surface area contributed by atoms with E-state index in [4.69, 9.17) is 4.74 Å². The van der Waals surface area contributed by atoms with Gasteiger partial charge in [0.05, 0.1) is 12.6 Å². The van der Waals surface area contributed by atoms with Crippen LogP contribution in [0.15, 0.2) is 48.5 Å². The lowest BCUT2D eigenvalue weighted by atomic mass is 10.2. The van der Waals surface area contributed by atoms with E-state index in [1.807, 2.05) is 6.07 Å². The number of rotatable bonds is 4. The van der Waals surface area contributed by atoms with E-state index < -0.39 is 5.97 Å². The molecule has 0 unspecified atom stereocenters. The predicted octanol–water partition coefficient (Wildman–Crippen LogP) is 3.54. The molecule has 0 aliphatic carbocycles. The summed E-state index contributed by atoms with van der Waals surface area (Å²) in [5.41, 5.74) is 1.78. The van der Waals surface area contributed by atoms with Crippen molar-refractivity contribution >= 4 is 16.9 Å². The molecule has 2 aromatic carbocycles. The lowest BCUT2D eigenvalue weighted by Crippen LogP contribution is -2.09. The Morgan fingerprint density at radius 1 is 1.18 bits per heavy atom. The minimum absolute atomic E-state index is 0.188. The molecule has 0 amide bonds. The van der Waals surface area contributed by atoms with E-state index in [0.717, 1.165) is 16.5 Å². The summed E-state index contributed by atoms with van der Waals surface area (Å²) in [6.45, 7) is 0.346. The fourth-order valence-electron chi connectivity index (χ4n) is 2.48. The number of halogens is 1. The number of aromatic carboxylic acids is 1. The molecular formula is C17H14FNO3. The van der Waals surface area contributed by atoms with Crippen molar-refractivity contribution in [2.45, 2.75) is 6.54 Å². The number of carbonyl (C=O) groups is 1. The second-order valence-electron chi connectivity index (χ2n) is 4.97. The largest absolute Gasteiger partial charge is 0.497 e. The molecule has 3 rings (SSSR count). The number of fused-ring (bicyclic) bond motifs is 1. The molecule has 0 saturated carbocycles. The topological polar surface area (TPSA) is 51.5 Å². The molecule has 4 nitrogen and oxygen atoms in total. The van der Waals surface area contributed by atoms with Gasteiger partial charge in [-0.25, -0.2) is 9.18 Å². The van der Waals surface area contributed by atoms with Crippen molar-refractivity contribution in [3.63, 3.8) is 0 Å². The maximum atomic E-state index is 13.0. The van der Waals surface area contributed by atoms with E-state index in [1.165, 1.54) is 12.1 Å². The van der Waals surface area contributed by atoms with Crippen molar-refractivity contribution in [1.82, 2.24) is 4.57 Å². The summed E-state index contributed by atoms with van der Waals surface area (Å²) in [4.78, 5) is 11.5. The molecule has 5 heteroatoms. The average molecular weight is 299 g/mol. The van der Waals surface area contributed by atoms with Crippen molar-refractivity contribution < 1.29 is 19.0 Å². The van der Waals surface area contributed by atoms with Gasteiger partial charge in [-0.3, -0.25) is 0 Å². The van der Waals surface area contributed by atoms with Crippen LogP contribution in [0.3, 0.4) is 0 Å². The summed E-state index contributed by atoms with van der Waals surface area (Å²) in [5.74, 6) is -0.665. The zero-order valence-electron chi connectivity index (χ0n) is 11.9. The molecule has 0 saturated heterocycles. The highest BCUT2D eigenvalue weighted by atomic mass is 19.1. The number of hydrogen-bond donors (Lipinski definition) is 1. The first-order chi connectivity index (χ1) is 10.6. The van der Waals surface area contributed by atoms with E-state index in [-0.39, 0.29) is 11.5 Å². The van der Waals surface area contributed by atoms with Gasteiger partial charge in [-0.2, -0.15) is 0 Å². The summed E-state index contributed by atoms with van der Waals surface area (Å²) in [6.07, 6.45) is 0. The minimum Gasteiger partial charge on any atom is -0.497 e. The molecule has 0 aliphatic heterocycles. The maximum absolute atomic E-state index is 13.0. The Balaban J connectivity index is 2.13. The van der Waals surface area contributed by atoms with Crippen LogP contribution in [0.1, 0.15) is 16.1 Å². The van der Waals surface area contributed by atoms with Crippen LogP contribution in [0, 0.1) is 5.82 Å². The number of methoxy groups -OCH3 is 1. The molecule has 1 aromatic heterocycles. The van der Waals surface area contributed by atoms with Crippen molar-refractivity contribution in [1.29, 1.82) is 0 Å². The quantitative estimate of drug-likeness (QED) is 0.801. The summed E-state index contributed by atoms with van der Waals surface area (Å²) in [6, 6.07) is 13.0. The van der Waals surface area contributed by atoms with Crippen LogP contribution in [-0.4, -0.2) is 22.8 Å².